The van der Waals surface area contributed by atoms with Gasteiger partial charge in [0.2, 0.25) is 10.0 Å². The maximum absolute atomic E-state index is 13.3. The molecule has 1 aromatic rings. The Morgan fingerprint density at radius 2 is 1.68 bits per heavy atom. The van der Waals surface area contributed by atoms with Gasteiger partial charge in [-0.1, -0.05) is 6.07 Å². The van der Waals surface area contributed by atoms with E-state index in [0.717, 1.165) is 6.07 Å². The highest BCUT2D eigenvalue weighted by Gasteiger charge is 2.49. The van der Waals surface area contributed by atoms with Gasteiger partial charge in [-0.2, -0.15) is 4.31 Å². The maximum Gasteiger partial charge on any atom is 0.243 e. The van der Waals surface area contributed by atoms with Crippen molar-refractivity contribution in [2.45, 2.75) is 47.9 Å². The van der Waals surface area contributed by atoms with Crippen LogP contribution in [0.4, 0.5) is 4.39 Å². The average molecular weight is 347 g/mol. The Kier molecular flexibility index (Phi) is 3.81. The summed E-state index contributed by atoms with van der Waals surface area (Å²) in [6.45, 7) is 0. The summed E-state index contributed by atoms with van der Waals surface area (Å²) >= 11 is 0. The van der Waals surface area contributed by atoms with E-state index >= 15 is 0 Å². The molecule has 3 rings (SSSR count). The minimum Gasteiger partial charge on any atom is -0.229 e. The van der Waals surface area contributed by atoms with Gasteiger partial charge in [0.05, 0.1) is 10.1 Å². The molecule has 0 N–H and O–H groups in total. The number of sulfone groups is 1. The Morgan fingerprint density at radius 1 is 1.09 bits per heavy atom. The number of fused-ring (bicyclic) bond motifs is 2. The monoisotopic (exact) mass is 347 g/mol. The molecule has 2 fully saturated rings. The molecule has 2 unspecified atom stereocenters. The number of benzene rings is 1. The molecule has 2 aliphatic rings. The molecule has 2 aliphatic heterocycles. The van der Waals surface area contributed by atoms with Crippen LogP contribution < -0.4 is 0 Å². The van der Waals surface area contributed by atoms with E-state index < -0.39 is 30.9 Å². The second kappa shape index (κ2) is 5.28. The average Bonchev–Trinajstić information content (AvgIpc) is 2.69. The fourth-order valence-corrected chi connectivity index (χ4v) is 6.64. The van der Waals surface area contributed by atoms with E-state index in [-0.39, 0.29) is 17.0 Å². The number of hydrogen-bond donors (Lipinski definition) is 0. The number of hydrogen-bond acceptors (Lipinski definition) is 4. The van der Waals surface area contributed by atoms with Crippen LogP contribution in [0.1, 0.15) is 25.7 Å². The summed E-state index contributed by atoms with van der Waals surface area (Å²) in [4.78, 5) is -0.0674. The topological polar surface area (TPSA) is 71.5 Å². The molecule has 2 heterocycles. The predicted molar refractivity (Wildman–Crippen MR) is 80.1 cm³/mol. The molecule has 0 saturated carbocycles. The zero-order chi connectivity index (χ0) is 16.1. The van der Waals surface area contributed by atoms with E-state index in [0.29, 0.717) is 25.7 Å². The van der Waals surface area contributed by atoms with Gasteiger partial charge < -0.3 is 0 Å². The number of halogens is 1. The summed E-state index contributed by atoms with van der Waals surface area (Å²) in [6.07, 6.45) is 3.16. The third-order valence-corrected chi connectivity index (χ3v) is 8.20. The van der Waals surface area contributed by atoms with Gasteiger partial charge >= 0.3 is 0 Å². The molecule has 0 radical (unpaired) electrons. The standard InChI is InChI=1S/C14H18FNO4S2/c1-21(17,18)14-8-11-5-6-12(9-14)16(11)22(19,20)13-4-2-3-10(15)7-13/h2-4,7,11-12,14H,5-6,8-9H2,1H3. The number of piperidine rings is 1. The van der Waals surface area contributed by atoms with Crippen LogP contribution in [0.5, 0.6) is 0 Å². The van der Waals surface area contributed by atoms with Crippen molar-refractivity contribution in [1.82, 2.24) is 4.31 Å². The minimum absolute atomic E-state index is 0.0674. The molecule has 0 spiro atoms. The first-order valence-corrected chi connectivity index (χ1v) is 10.6. The van der Waals surface area contributed by atoms with Crippen LogP contribution in [0.2, 0.25) is 0 Å². The van der Waals surface area contributed by atoms with Crippen molar-refractivity contribution in [1.29, 1.82) is 0 Å². The first kappa shape index (κ1) is 15.9. The fraction of sp³-hybridized carbons (Fsp3) is 0.571. The summed E-state index contributed by atoms with van der Waals surface area (Å²) in [5.41, 5.74) is 0. The first-order valence-electron chi connectivity index (χ1n) is 7.17. The third-order valence-electron chi connectivity index (χ3n) is 4.60. The summed E-state index contributed by atoms with van der Waals surface area (Å²) < 4.78 is 63.8. The van der Waals surface area contributed by atoms with Crippen LogP contribution in [-0.2, 0) is 19.9 Å². The number of nitrogens with zero attached hydrogens (tertiary/aromatic N) is 1. The third kappa shape index (κ3) is 2.68. The largest absolute Gasteiger partial charge is 0.243 e. The van der Waals surface area contributed by atoms with Crippen LogP contribution in [0.15, 0.2) is 29.2 Å². The molecule has 1 aromatic carbocycles. The van der Waals surface area contributed by atoms with Crippen LogP contribution in [0.25, 0.3) is 0 Å². The molecule has 2 atom stereocenters. The van der Waals surface area contributed by atoms with Gasteiger partial charge in [0.15, 0.2) is 0 Å². The Balaban J connectivity index is 1.94. The molecule has 8 heteroatoms. The highest BCUT2D eigenvalue weighted by Crippen LogP contribution is 2.41. The molecule has 5 nitrogen and oxygen atoms in total. The fourth-order valence-electron chi connectivity index (χ4n) is 3.58. The lowest BCUT2D eigenvalue weighted by Gasteiger charge is -2.37. The number of rotatable bonds is 3. The zero-order valence-electron chi connectivity index (χ0n) is 12.1. The van der Waals surface area contributed by atoms with Crippen LogP contribution in [0.3, 0.4) is 0 Å². The molecular formula is C14H18FNO4S2. The van der Waals surface area contributed by atoms with Crippen molar-refractivity contribution in [3.63, 3.8) is 0 Å². The van der Waals surface area contributed by atoms with Crippen molar-refractivity contribution in [3.05, 3.63) is 30.1 Å². The minimum atomic E-state index is -3.79. The van der Waals surface area contributed by atoms with Crippen molar-refractivity contribution in [2.75, 3.05) is 6.26 Å². The van der Waals surface area contributed by atoms with Crippen molar-refractivity contribution in [3.8, 4) is 0 Å². The molecular weight excluding hydrogens is 329 g/mol. The molecule has 0 aromatic heterocycles. The molecule has 0 amide bonds. The van der Waals surface area contributed by atoms with Crippen molar-refractivity contribution >= 4 is 19.9 Å². The molecule has 2 bridgehead atoms. The Hall–Kier alpha value is -0.990. The van der Waals surface area contributed by atoms with Gasteiger partial charge in [0, 0.05) is 18.3 Å². The molecule has 2 saturated heterocycles. The van der Waals surface area contributed by atoms with Gasteiger partial charge in [-0.25, -0.2) is 21.2 Å². The van der Waals surface area contributed by atoms with Crippen molar-refractivity contribution < 1.29 is 21.2 Å². The summed E-state index contributed by atoms with van der Waals surface area (Å²) in [5.74, 6) is -0.598. The van der Waals surface area contributed by atoms with E-state index in [2.05, 4.69) is 0 Å². The Labute approximate surface area is 130 Å². The SMILES string of the molecule is CS(=O)(=O)C1CC2CCC(C1)N2S(=O)(=O)c1cccc(F)c1. The van der Waals surface area contributed by atoms with Crippen LogP contribution in [-0.4, -0.2) is 44.7 Å². The van der Waals surface area contributed by atoms with Gasteiger partial charge in [0.1, 0.15) is 15.7 Å². The molecule has 122 valence electrons. The lowest BCUT2D eigenvalue weighted by atomic mass is 10.1. The van der Waals surface area contributed by atoms with E-state index in [1.54, 1.807) is 0 Å². The van der Waals surface area contributed by atoms with Gasteiger partial charge in [-0.3, -0.25) is 0 Å². The van der Waals surface area contributed by atoms with Crippen molar-refractivity contribution in [2.24, 2.45) is 0 Å². The normalized spacial score (nSPS) is 29.6. The highest BCUT2D eigenvalue weighted by atomic mass is 32.2. The van der Waals surface area contributed by atoms with E-state index in [1.165, 1.54) is 28.8 Å². The zero-order valence-corrected chi connectivity index (χ0v) is 13.8. The lowest BCUT2D eigenvalue weighted by molar-refractivity contribution is 0.249. The van der Waals surface area contributed by atoms with E-state index in [4.69, 9.17) is 0 Å². The highest BCUT2D eigenvalue weighted by molar-refractivity contribution is 7.91. The van der Waals surface area contributed by atoms with E-state index in [9.17, 15) is 21.2 Å². The maximum atomic E-state index is 13.3. The van der Waals surface area contributed by atoms with Gasteiger partial charge in [0.25, 0.3) is 0 Å². The quantitative estimate of drug-likeness (QED) is 0.832. The lowest BCUT2D eigenvalue weighted by Crippen LogP contribution is -2.49. The Bertz CT molecular complexity index is 777. The smallest absolute Gasteiger partial charge is 0.229 e. The summed E-state index contributed by atoms with van der Waals surface area (Å²) in [7, 11) is -6.96. The van der Waals surface area contributed by atoms with Gasteiger partial charge in [-0.15, -0.1) is 0 Å². The molecule has 22 heavy (non-hydrogen) atoms. The van der Waals surface area contributed by atoms with Crippen LogP contribution in [0, 0.1) is 5.82 Å². The summed E-state index contributed by atoms with van der Waals surface area (Å²) in [6, 6.07) is 4.33. The van der Waals surface area contributed by atoms with E-state index in [1.807, 2.05) is 0 Å². The van der Waals surface area contributed by atoms with Crippen LogP contribution >= 0.6 is 0 Å². The second-order valence-electron chi connectivity index (χ2n) is 6.10. The first-order chi connectivity index (χ1) is 10.2. The Morgan fingerprint density at radius 3 is 2.18 bits per heavy atom. The number of sulfonamides is 1. The second-order valence-corrected chi connectivity index (χ2v) is 10.3. The summed E-state index contributed by atoms with van der Waals surface area (Å²) in [5, 5.41) is -0.482. The molecule has 0 aliphatic carbocycles. The van der Waals surface area contributed by atoms with Gasteiger partial charge in [-0.05, 0) is 43.9 Å². The predicted octanol–water partition coefficient (Wildman–Crippen LogP) is 1.55.